The lowest BCUT2D eigenvalue weighted by atomic mass is 10.0. The average Bonchev–Trinajstić information content (AvgIpc) is 2.54. The SMILES string of the molecule is C=C(C)/C=c1\c(=C/C)cc(-c2cc(SC#N)ccc2C)c(=O)n1C. The van der Waals surface area contributed by atoms with Gasteiger partial charge < -0.3 is 4.57 Å². The summed E-state index contributed by atoms with van der Waals surface area (Å²) in [7, 11) is 1.77. The van der Waals surface area contributed by atoms with E-state index >= 15 is 0 Å². The van der Waals surface area contributed by atoms with Crippen LogP contribution in [0.2, 0.25) is 0 Å². The molecule has 0 fully saturated rings. The van der Waals surface area contributed by atoms with Crippen molar-refractivity contribution in [1.82, 2.24) is 4.57 Å². The lowest BCUT2D eigenvalue weighted by Crippen LogP contribution is -2.42. The maximum absolute atomic E-state index is 12.9. The Balaban J connectivity index is 2.87. The highest BCUT2D eigenvalue weighted by molar-refractivity contribution is 8.03. The minimum Gasteiger partial charge on any atom is -0.311 e. The first kappa shape index (κ1) is 17.8. The summed E-state index contributed by atoms with van der Waals surface area (Å²) in [4.78, 5) is 13.7. The minimum atomic E-state index is -0.0599. The van der Waals surface area contributed by atoms with Crippen LogP contribution < -0.4 is 16.1 Å². The fourth-order valence-corrected chi connectivity index (χ4v) is 3.04. The normalized spacial score (nSPS) is 12.3. The highest BCUT2D eigenvalue weighted by Gasteiger charge is 2.10. The summed E-state index contributed by atoms with van der Waals surface area (Å²) in [6.45, 7) is 9.74. The van der Waals surface area contributed by atoms with E-state index in [1.807, 2.05) is 57.2 Å². The van der Waals surface area contributed by atoms with E-state index in [2.05, 4.69) is 12.0 Å². The van der Waals surface area contributed by atoms with Crippen LogP contribution in [-0.4, -0.2) is 4.57 Å². The van der Waals surface area contributed by atoms with Gasteiger partial charge in [0.25, 0.3) is 5.56 Å². The molecule has 122 valence electrons. The summed E-state index contributed by atoms with van der Waals surface area (Å²) >= 11 is 1.10. The molecule has 4 heteroatoms. The molecule has 1 aromatic heterocycles. The Morgan fingerprint density at radius 2 is 2.04 bits per heavy atom. The minimum absolute atomic E-state index is 0.0599. The van der Waals surface area contributed by atoms with Gasteiger partial charge in [0.15, 0.2) is 0 Å². The molecule has 0 bridgehead atoms. The number of thioether (sulfide) groups is 1. The number of allylic oxidation sites excluding steroid dienone is 1. The molecular weight excluding hydrogens is 316 g/mol. The van der Waals surface area contributed by atoms with Crippen LogP contribution >= 0.6 is 11.8 Å². The zero-order chi connectivity index (χ0) is 17.9. The van der Waals surface area contributed by atoms with Crippen molar-refractivity contribution in [3.63, 3.8) is 0 Å². The molecule has 0 spiro atoms. The van der Waals surface area contributed by atoms with Gasteiger partial charge in [-0.25, -0.2) is 0 Å². The Morgan fingerprint density at radius 1 is 1.33 bits per heavy atom. The van der Waals surface area contributed by atoms with Crippen LogP contribution in [0.4, 0.5) is 0 Å². The predicted molar refractivity (Wildman–Crippen MR) is 102 cm³/mol. The second-order valence-electron chi connectivity index (χ2n) is 5.71. The van der Waals surface area contributed by atoms with E-state index in [1.54, 1.807) is 11.6 Å². The van der Waals surface area contributed by atoms with Crippen molar-refractivity contribution in [2.75, 3.05) is 0 Å². The molecule has 1 heterocycles. The van der Waals surface area contributed by atoms with Gasteiger partial charge in [0.2, 0.25) is 0 Å². The molecule has 1 aromatic carbocycles. The van der Waals surface area contributed by atoms with Crippen molar-refractivity contribution in [3.05, 3.63) is 62.9 Å². The molecule has 3 nitrogen and oxygen atoms in total. The van der Waals surface area contributed by atoms with Crippen LogP contribution in [0, 0.1) is 17.6 Å². The molecule has 0 atom stereocenters. The number of nitrogens with zero attached hydrogens (tertiary/aromatic N) is 2. The van der Waals surface area contributed by atoms with Crippen LogP contribution in [0.15, 0.2) is 46.1 Å². The van der Waals surface area contributed by atoms with Gasteiger partial charge in [0.05, 0.1) is 5.35 Å². The van der Waals surface area contributed by atoms with Crippen LogP contribution in [0.25, 0.3) is 23.3 Å². The third-order valence-corrected chi connectivity index (χ3v) is 4.43. The van der Waals surface area contributed by atoms with Crippen LogP contribution in [0.1, 0.15) is 19.4 Å². The summed E-state index contributed by atoms with van der Waals surface area (Å²) < 4.78 is 1.66. The van der Waals surface area contributed by atoms with Gasteiger partial charge in [-0.1, -0.05) is 24.3 Å². The van der Waals surface area contributed by atoms with Crippen molar-refractivity contribution in [2.45, 2.75) is 25.7 Å². The van der Waals surface area contributed by atoms with Crippen LogP contribution in [-0.2, 0) is 7.05 Å². The Labute approximate surface area is 146 Å². The molecule has 0 aliphatic carbocycles. The van der Waals surface area contributed by atoms with E-state index < -0.39 is 0 Å². The fourth-order valence-electron chi connectivity index (χ4n) is 2.62. The Bertz CT molecular complexity index is 1020. The largest absolute Gasteiger partial charge is 0.311 e. The van der Waals surface area contributed by atoms with Gasteiger partial charge in [-0.3, -0.25) is 4.79 Å². The molecule has 0 amide bonds. The first-order valence-corrected chi connectivity index (χ1v) is 8.41. The van der Waals surface area contributed by atoms with Gasteiger partial charge in [0.1, 0.15) is 5.40 Å². The number of nitriles is 1. The molecule has 0 aliphatic rings. The van der Waals surface area contributed by atoms with Gasteiger partial charge in [-0.2, -0.15) is 5.26 Å². The number of aryl methyl sites for hydroxylation is 1. The summed E-state index contributed by atoms with van der Waals surface area (Å²) in [5.41, 5.74) is 3.34. The second kappa shape index (κ2) is 7.37. The second-order valence-corrected chi connectivity index (χ2v) is 6.57. The van der Waals surface area contributed by atoms with Gasteiger partial charge >= 0.3 is 0 Å². The average molecular weight is 336 g/mol. The molecule has 24 heavy (non-hydrogen) atoms. The van der Waals surface area contributed by atoms with Gasteiger partial charge in [-0.05, 0) is 73.2 Å². The zero-order valence-electron chi connectivity index (χ0n) is 14.4. The fraction of sp³-hybridized carbons (Fsp3) is 0.200. The van der Waals surface area contributed by atoms with Gasteiger partial charge in [0, 0.05) is 17.5 Å². The first-order valence-electron chi connectivity index (χ1n) is 7.59. The Kier molecular flexibility index (Phi) is 5.48. The molecule has 2 rings (SSSR count). The van der Waals surface area contributed by atoms with Crippen LogP contribution in [0.5, 0.6) is 0 Å². The maximum Gasteiger partial charge on any atom is 0.258 e. The monoisotopic (exact) mass is 336 g/mol. The predicted octanol–water partition coefficient (Wildman–Crippen LogP) is 3.09. The van der Waals surface area contributed by atoms with Crippen molar-refractivity contribution < 1.29 is 0 Å². The quantitative estimate of drug-likeness (QED) is 0.639. The number of aromatic nitrogens is 1. The summed E-state index contributed by atoms with van der Waals surface area (Å²) in [5.74, 6) is 0. The Hall–Kier alpha value is -2.51. The molecule has 0 unspecified atom stereocenters. The highest BCUT2D eigenvalue weighted by atomic mass is 32.2. The van der Waals surface area contributed by atoms with Crippen molar-refractivity contribution in [3.8, 4) is 16.5 Å². The highest BCUT2D eigenvalue weighted by Crippen LogP contribution is 2.26. The van der Waals surface area contributed by atoms with Crippen molar-refractivity contribution in [2.24, 2.45) is 7.05 Å². The zero-order valence-corrected chi connectivity index (χ0v) is 15.2. The molecule has 2 aromatic rings. The molecular formula is C20H20N2OS. The Morgan fingerprint density at radius 3 is 2.62 bits per heavy atom. The topological polar surface area (TPSA) is 45.8 Å². The molecule has 0 saturated heterocycles. The van der Waals surface area contributed by atoms with E-state index in [0.29, 0.717) is 5.56 Å². The van der Waals surface area contributed by atoms with Crippen molar-refractivity contribution >= 4 is 23.9 Å². The summed E-state index contributed by atoms with van der Waals surface area (Å²) in [6, 6.07) is 7.66. The van der Waals surface area contributed by atoms with Crippen molar-refractivity contribution in [1.29, 1.82) is 5.26 Å². The number of rotatable bonds is 3. The number of pyridine rings is 1. The third-order valence-electron chi connectivity index (χ3n) is 3.85. The van der Waals surface area contributed by atoms with E-state index in [-0.39, 0.29) is 5.56 Å². The first-order chi connectivity index (χ1) is 11.4. The summed E-state index contributed by atoms with van der Waals surface area (Å²) in [5, 5.41) is 12.8. The number of thiocyanates is 1. The number of benzene rings is 1. The molecule has 0 N–H and O–H groups in total. The molecule has 0 saturated carbocycles. The smallest absolute Gasteiger partial charge is 0.258 e. The molecule has 0 aliphatic heterocycles. The van der Waals surface area contributed by atoms with Crippen LogP contribution in [0.3, 0.4) is 0 Å². The lowest BCUT2D eigenvalue weighted by molar-refractivity contribution is 0.819. The van der Waals surface area contributed by atoms with E-state index in [0.717, 1.165) is 43.9 Å². The van der Waals surface area contributed by atoms with E-state index in [1.165, 1.54) is 0 Å². The lowest BCUT2D eigenvalue weighted by Gasteiger charge is -2.10. The third kappa shape index (κ3) is 3.52. The number of hydrogen-bond acceptors (Lipinski definition) is 3. The van der Waals surface area contributed by atoms with E-state index in [9.17, 15) is 4.79 Å². The number of hydrogen-bond donors (Lipinski definition) is 0. The standard InChI is InChI=1S/C20H20N2OS/c1-6-15-10-18(20(23)22(5)19(15)9-13(2)3)17-11-16(24-12-21)8-7-14(17)4/h6-11H,2H2,1,3-5H3/b15-6-,19-9+. The van der Waals surface area contributed by atoms with E-state index in [4.69, 9.17) is 5.26 Å². The summed E-state index contributed by atoms with van der Waals surface area (Å²) in [6.07, 6.45) is 3.90. The van der Waals surface area contributed by atoms with Gasteiger partial charge in [-0.15, -0.1) is 0 Å². The molecule has 0 radical (unpaired) electrons. The maximum atomic E-state index is 12.9.